The van der Waals surface area contributed by atoms with Gasteiger partial charge in [-0.05, 0) is 88.7 Å². The van der Waals surface area contributed by atoms with E-state index < -0.39 is 45.8 Å². The molecule has 0 spiro atoms. The Labute approximate surface area is 244 Å². The van der Waals surface area contributed by atoms with E-state index in [1.807, 2.05) is 27.7 Å². The largest absolute Gasteiger partial charge is 0.350 e. The van der Waals surface area contributed by atoms with Gasteiger partial charge >= 0.3 is 0 Å². The fraction of sp³-hybridized carbons (Fsp3) is 0.310. The van der Waals surface area contributed by atoms with Crippen molar-refractivity contribution in [2.45, 2.75) is 57.6 Å². The molecule has 3 rings (SSSR count). The van der Waals surface area contributed by atoms with Crippen molar-refractivity contribution in [3.63, 3.8) is 0 Å². The van der Waals surface area contributed by atoms with E-state index in [1.165, 1.54) is 4.90 Å². The molecule has 0 unspecified atom stereocenters. The molecule has 11 heteroatoms. The number of sulfonamides is 1. The number of anilines is 1. The van der Waals surface area contributed by atoms with E-state index in [4.69, 9.17) is 23.2 Å². The minimum atomic E-state index is -4.29. The highest BCUT2D eigenvalue weighted by molar-refractivity contribution is 7.92. The smallest absolute Gasteiger partial charge is 0.264 e. The zero-order chi connectivity index (χ0) is 29.8. The maximum absolute atomic E-state index is 13.9. The Hall–Kier alpha value is -3.14. The van der Waals surface area contributed by atoms with Crippen LogP contribution in [0.15, 0.2) is 71.6 Å². The summed E-state index contributed by atoms with van der Waals surface area (Å²) >= 11 is 12.3. The SMILES string of the molecule is Cc1ccc(N(CC(=O)N(Cc2ccc(Cl)c(Cl)c2)[C@@H](C)C(=O)NC(C)(C)C)S(=O)(=O)c2ccc(F)cc2)cc1. The Morgan fingerprint density at radius 2 is 1.55 bits per heavy atom. The summed E-state index contributed by atoms with van der Waals surface area (Å²) in [5.41, 5.74) is 1.16. The summed E-state index contributed by atoms with van der Waals surface area (Å²) in [5, 5.41) is 3.47. The first kappa shape index (κ1) is 31.4. The first-order valence-electron chi connectivity index (χ1n) is 12.5. The summed E-state index contributed by atoms with van der Waals surface area (Å²) in [6.07, 6.45) is 0. The minimum Gasteiger partial charge on any atom is -0.350 e. The van der Waals surface area contributed by atoms with Gasteiger partial charge in [-0.2, -0.15) is 0 Å². The third kappa shape index (κ3) is 7.96. The van der Waals surface area contributed by atoms with Gasteiger partial charge < -0.3 is 10.2 Å². The van der Waals surface area contributed by atoms with Gasteiger partial charge in [-0.1, -0.05) is 47.0 Å². The standard InChI is InChI=1S/C29H32Cl2FN3O4S/c1-19-6-11-23(12-7-19)35(40(38,39)24-13-9-22(32)10-14-24)18-27(36)34(20(2)28(37)33-29(3,4)5)17-21-8-15-25(30)26(31)16-21/h6-16,20H,17-18H2,1-5H3,(H,33,37)/t20-/m0/s1. The van der Waals surface area contributed by atoms with Crippen molar-refractivity contribution in [1.29, 1.82) is 0 Å². The molecule has 1 N–H and O–H groups in total. The Balaban J connectivity index is 2.04. The number of hydrogen-bond acceptors (Lipinski definition) is 4. The maximum atomic E-state index is 13.9. The lowest BCUT2D eigenvalue weighted by molar-refractivity contribution is -0.140. The molecule has 3 aromatic rings. The zero-order valence-electron chi connectivity index (χ0n) is 22.9. The number of benzene rings is 3. The van der Waals surface area contributed by atoms with Crippen LogP contribution in [0.25, 0.3) is 0 Å². The second kappa shape index (κ2) is 12.6. The van der Waals surface area contributed by atoms with Crippen molar-refractivity contribution >= 4 is 50.7 Å². The van der Waals surface area contributed by atoms with Crippen LogP contribution in [0, 0.1) is 12.7 Å². The van der Waals surface area contributed by atoms with Crippen LogP contribution in [0.4, 0.5) is 10.1 Å². The first-order chi connectivity index (χ1) is 18.6. The number of aryl methyl sites for hydroxylation is 1. The summed E-state index contributed by atoms with van der Waals surface area (Å²) < 4.78 is 42.0. The topological polar surface area (TPSA) is 86.8 Å². The van der Waals surface area contributed by atoms with Crippen molar-refractivity contribution in [2.24, 2.45) is 0 Å². The molecule has 40 heavy (non-hydrogen) atoms. The zero-order valence-corrected chi connectivity index (χ0v) is 25.2. The number of amides is 2. The van der Waals surface area contributed by atoms with E-state index in [0.717, 1.165) is 34.1 Å². The maximum Gasteiger partial charge on any atom is 0.264 e. The predicted molar refractivity (Wildman–Crippen MR) is 156 cm³/mol. The molecule has 0 saturated heterocycles. The van der Waals surface area contributed by atoms with Gasteiger partial charge in [-0.3, -0.25) is 13.9 Å². The molecule has 0 aliphatic rings. The van der Waals surface area contributed by atoms with Crippen molar-refractivity contribution in [1.82, 2.24) is 10.2 Å². The monoisotopic (exact) mass is 607 g/mol. The number of nitrogens with one attached hydrogen (secondary N) is 1. The highest BCUT2D eigenvalue weighted by Gasteiger charge is 2.33. The molecule has 214 valence electrons. The van der Waals surface area contributed by atoms with E-state index in [9.17, 15) is 22.4 Å². The lowest BCUT2D eigenvalue weighted by Crippen LogP contribution is -2.54. The van der Waals surface area contributed by atoms with Crippen molar-refractivity contribution in [2.75, 3.05) is 10.8 Å². The fourth-order valence-corrected chi connectivity index (χ4v) is 5.60. The Morgan fingerprint density at radius 1 is 0.950 bits per heavy atom. The number of nitrogens with zero attached hydrogens (tertiary/aromatic N) is 2. The van der Waals surface area contributed by atoms with Crippen molar-refractivity contribution < 1.29 is 22.4 Å². The van der Waals surface area contributed by atoms with Crippen molar-refractivity contribution in [3.8, 4) is 0 Å². The summed E-state index contributed by atoms with van der Waals surface area (Å²) in [5.74, 6) is -1.64. The second-order valence-electron chi connectivity index (χ2n) is 10.5. The van der Waals surface area contributed by atoms with Gasteiger partial charge in [0.25, 0.3) is 10.0 Å². The molecule has 1 atom stereocenters. The molecule has 0 fully saturated rings. The fourth-order valence-electron chi connectivity index (χ4n) is 3.86. The van der Waals surface area contributed by atoms with Gasteiger partial charge in [-0.15, -0.1) is 0 Å². The van der Waals surface area contributed by atoms with Gasteiger partial charge in [0.15, 0.2) is 0 Å². The molecule has 0 saturated carbocycles. The average molecular weight is 609 g/mol. The number of carbonyl (C=O) groups is 2. The number of halogens is 3. The normalized spacial score (nSPS) is 12.5. The van der Waals surface area contributed by atoms with Crippen LogP contribution in [-0.2, 0) is 26.2 Å². The van der Waals surface area contributed by atoms with E-state index >= 15 is 0 Å². The number of hydrogen-bond donors (Lipinski definition) is 1. The highest BCUT2D eigenvalue weighted by Crippen LogP contribution is 2.27. The van der Waals surface area contributed by atoms with E-state index in [0.29, 0.717) is 10.6 Å². The molecule has 0 bridgehead atoms. The molecule has 0 radical (unpaired) electrons. The van der Waals surface area contributed by atoms with Gasteiger partial charge in [-0.25, -0.2) is 12.8 Å². The van der Waals surface area contributed by atoms with E-state index in [1.54, 1.807) is 49.4 Å². The molecular formula is C29H32Cl2FN3O4S. The van der Waals surface area contributed by atoms with E-state index in [2.05, 4.69) is 5.32 Å². The number of rotatable bonds is 9. The molecule has 0 heterocycles. The Kier molecular flexibility index (Phi) is 9.87. The van der Waals surface area contributed by atoms with Gasteiger partial charge in [0.05, 0.1) is 20.6 Å². The molecule has 0 aliphatic carbocycles. The average Bonchev–Trinajstić information content (AvgIpc) is 2.87. The number of carbonyl (C=O) groups excluding carboxylic acids is 2. The quantitative estimate of drug-likeness (QED) is 0.325. The highest BCUT2D eigenvalue weighted by atomic mass is 35.5. The van der Waals surface area contributed by atoms with Gasteiger partial charge in [0.2, 0.25) is 11.8 Å². The van der Waals surface area contributed by atoms with Gasteiger partial charge in [0, 0.05) is 12.1 Å². The molecule has 3 aromatic carbocycles. The van der Waals surface area contributed by atoms with Gasteiger partial charge in [0.1, 0.15) is 18.4 Å². The third-order valence-electron chi connectivity index (χ3n) is 6.00. The summed E-state index contributed by atoms with van der Waals surface area (Å²) in [6, 6.07) is 14.9. The Bertz CT molecular complexity index is 1470. The second-order valence-corrected chi connectivity index (χ2v) is 13.2. The first-order valence-corrected chi connectivity index (χ1v) is 14.7. The third-order valence-corrected chi connectivity index (χ3v) is 8.53. The van der Waals surface area contributed by atoms with Crippen LogP contribution >= 0.6 is 23.2 Å². The van der Waals surface area contributed by atoms with Crippen molar-refractivity contribution in [3.05, 3.63) is 93.7 Å². The molecular weight excluding hydrogens is 576 g/mol. The van der Waals surface area contributed by atoms with Crippen LogP contribution in [0.5, 0.6) is 0 Å². The van der Waals surface area contributed by atoms with Crippen LogP contribution in [-0.4, -0.2) is 43.3 Å². The molecule has 0 aromatic heterocycles. The van der Waals surface area contributed by atoms with Crippen LogP contribution < -0.4 is 9.62 Å². The van der Waals surface area contributed by atoms with Crippen LogP contribution in [0.3, 0.4) is 0 Å². The minimum absolute atomic E-state index is 0.0349. The van der Waals surface area contributed by atoms with E-state index in [-0.39, 0.29) is 22.2 Å². The van der Waals surface area contributed by atoms with Crippen LogP contribution in [0.1, 0.15) is 38.8 Å². The summed E-state index contributed by atoms with van der Waals surface area (Å²) in [7, 11) is -4.29. The van der Waals surface area contributed by atoms with Crippen LogP contribution in [0.2, 0.25) is 10.0 Å². The lowest BCUT2D eigenvalue weighted by Gasteiger charge is -2.33. The molecule has 2 amide bonds. The predicted octanol–water partition coefficient (Wildman–Crippen LogP) is 5.97. The Morgan fingerprint density at radius 3 is 2.10 bits per heavy atom. The lowest BCUT2D eigenvalue weighted by atomic mass is 10.1. The summed E-state index contributed by atoms with van der Waals surface area (Å²) in [6.45, 7) is 8.22. The summed E-state index contributed by atoms with van der Waals surface area (Å²) in [4.78, 5) is 28.2. The molecule has 0 aliphatic heterocycles. The molecule has 7 nitrogen and oxygen atoms in total.